The molecule has 5 heteroatoms. The van der Waals surface area contributed by atoms with Crippen molar-refractivity contribution in [3.63, 3.8) is 0 Å². The van der Waals surface area contributed by atoms with E-state index < -0.39 is 11.6 Å². The van der Waals surface area contributed by atoms with Gasteiger partial charge in [-0.05, 0) is 31.4 Å². The Balaban J connectivity index is 1.93. The summed E-state index contributed by atoms with van der Waals surface area (Å²) in [7, 11) is 0. The van der Waals surface area contributed by atoms with E-state index >= 15 is 0 Å². The lowest BCUT2D eigenvalue weighted by molar-refractivity contribution is -0.123. The molecule has 0 spiro atoms. The number of carbonyl (C=O) groups excluding carboxylic acids is 1. The predicted molar refractivity (Wildman–Crippen MR) is 57.8 cm³/mol. The van der Waals surface area contributed by atoms with Gasteiger partial charge in [0.15, 0.2) is 18.2 Å². The van der Waals surface area contributed by atoms with Gasteiger partial charge in [-0.25, -0.2) is 8.78 Å². The third kappa shape index (κ3) is 3.15. The molecule has 2 rings (SSSR count). The maximum atomic E-state index is 12.9. The largest absolute Gasteiger partial charge is 0.483 e. The Morgan fingerprint density at radius 1 is 1.41 bits per heavy atom. The van der Waals surface area contributed by atoms with E-state index in [0.717, 1.165) is 25.0 Å². The van der Waals surface area contributed by atoms with Crippen molar-refractivity contribution in [3.8, 4) is 5.75 Å². The first-order valence-electron chi connectivity index (χ1n) is 5.44. The first-order chi connectivity index (χ1) is 8.06. The van der Waals surface area contributed by atoms with Gasteiger partial charge in [0.25, 0.3) is 5.91 Å². The Morgan fingerprint density at radius 3 is 2.71 bits per heavy atom. The highest BCUT2D eigenvalue weighted by atomic mass is 19.2. The number of benzene rings is 1. The van der Waals surface area contributed by atoms with Gasteiger partial charge in [-0.15, -0.1) is 0 Å². The molecule has 0 unspecified atom stereocenters. The third-order valence-corrected chi connectivity index (χ3v) is 2.52. The third-order valence-electron chi connectivity index (χ3n) is 2.52. The molecule has 1 aliphatic carbocycles. The zero-order chi connectivity index (χ0) is 12.4. The summed E-state index contributed by atoms with van der Waals surface area (Å²) in [6.45, 7) is 1.42. The average molecular weight is 241 g/mol. The van der Waals surface area contributed by atoms with Crippen LogP contribution in [0.3, 0.4) is 0 Å². The molecule has 1 aliphatic rings. The molecule has 1 amide bonds. The second-order valence-electron chi connectivity index (χ2n) is 4.16. The molecule has 1 fully saturated rings. The average Bonchev–Trinajstić information content (AvgIpc) is 3.05. The molecular formula is C12H13F2NO2. The summed E-state index contributed by atoms with van der Waals surface area (Å²) in [5.41, 5.74) is 0.461. The molecule has 1 saturated carbocycles. The Labute approximate surface area is 97.8 Å². The highest BCUT2D eigenvalue weighted by Gasteiger charge is 2.23. The minimum absolute atomic E-state index is 0.178. The number of aryl methyl sites for hydroxylation is 1. The minimum Gasteiger partial charge on any atom is -0.483 e. The summed E-state index contributed by atoms with van der Waals surface area (Å²) >= 11 is 0. The van der Waals surface area contributed by atoms with Crippen LogP contribution in [-0.4, -0.2) is 18.6 Å². The van der Waals surface area contributed by atoms with Crippen molar-refractivity contribution in [3.05, 3.63) is 29.3 Å². The summed E-state index contributed by atoms with van der Waals surface area (Å²) in [4.78, 5) is 11.3. The molecule has 92 valence electrons. The van der Waals surface area contributed by atoms with Crippen molar-refractivity contribution in [1.29, 1.82) is 0 Å². The molecule has 0 aliphatic heterocycles. The number of nitrogens with one attached hydrogen (secondary N) is 1. The van der Waals surface area contributed by atoms with E-state index in [2.05, 4.69) is 5.32 Å². The van der Waals surface area contributed by atoms with Crippen LogP contribution in [0.2, 0.25) is 0 Å². The topological polar surface area (TPSA) is 38.3 Å². The molecule has 17 heavy (non-hydrogen) atoms. The van der Waals surface area contributed by atoms with Crippen LogP contribution in [0.4, 0.5) is 8.78 Å². The van der Waals surface area contributed by atoms with E-state index in [1.165, 1.54) is 0 Å². The van der Waals surface area contributed by atoms with Crippen LogP contribution < -0.4 is 10.1 Å². The normalized spacial score (nSPS) is 14.5. The molecule has 0 bridgehead atoms. The first-order valence-corrected chi connectivity index (χ1v) is 5.44. The Morgan fingerprint density at radius 2 is 2.06 bits per heavy atom. The number of ether oxygens (including phenoxy) is 1. The van der Waals surface area contributed by atoms with Crippen molar-refractivity contribution < 1.29 is 18.3 Å². The lowest BCUT2D eigenvalue weighted by atomic mass is 10.2. The van der Waals surface area contributed by atoms with Gasteiger partial charge in [-0.1, -0.05) is 0 Å². The second kappa shape index (κ2) is 4.69. The zero-order valence-electron chi connectivity index (χ0n) is 9.43. The van der Waals surface area contributed by atoms with Crippen LogP contribution in [-0.2, 0) is 4.79 Å². The first kappa shape index (κ1) is 11.8. The van der Waals surface area contributed by atoms with E-state index in [0.29, 0.717) is 5.56 Å². The molecule has 0 radical (unpaired) electrons. The predicted octanol–water partition coefficient (Wildman–Crippen LogP) is 1.93. The van der Waals surface area contributed by atoms with Crippen molar-refractivity contribution >= 4 is 5.91 Å². The van der Waals surface area contributed by atoms with Crippen LogP contribution in [0.25, 0.3) is 0 Å². The lowest BCUT2D eigenvalue weighted by Gasteiger charge is -2.09. The van der Waals surface area contributed by atoms with Crippen molar-refractivity contribution in [1.82, 2.24) is 5.32 Å². The highest BCUT2D eigenvalue weighted by Crippen LogP contribution is 2.22. The molecular weight excluding hydrogens is 228 g/mol. The van der Waals surface area contributed by atoms with E-state index in [4.69, 9.17) is 4.74 Å². The van der Waals surface area contributed by atoms with Gasteiger partial charge in [0.2, 0.25) is 0 Å². The molecule has 0 aromatic heterocycles. The SMILES string of the molecule is Cc1cc(F)c(F)cc1OCC(=O)NC1CC1. The van der Waals surface area contributed by atoms with Gasteiger partial charge in [0, 0.05) is 12.1 Å². The van der Waals surface area contributed by atoms with Crippen LogP contribution in [0.15, 0.2) is 12.1 Å². The van der Waals surface area contributed by atoms with Gasteiger partial charge in [-0.3, -0.25) is 4.79 Å². The van der Waals surface area contributed by atoms with E-state index in [9.17, 15) is 13.6 Å². The zero-order valence-corrected chi connectivity index (χ0v) is 9.43. The summed E-state index contributed by atoms with van der Waals surface area (Å²) in [6, 6.07) is 2.26. The van der Waals surface area contributed by atoms with E-state index in [-0.39, 0.29) is 24.3 Å². The summed E-state index contributed by atoms with van der Waals surface area (Å²) < 4.78 is 30.9. The monoisotopic (exact) mass is 241 g/mol. The van der Waals surface area contributed by atoms with Gasteiger partial charge in [0.1, 0.15) is 5.75 Å². The number of amides is 1. The summed E-state index contributed by atoms with van der Waals surface area (Å²) in [5, 5.41) is 2.74. The molecule has 1 aromatic carbocycles. The second-order valence-corrected chi connectivity index (χ2v) is 4.16. The summed E-state index contributed by atoms with van der Waals surface area (Å²) in [6.07, 6.45) is 1.99. The highest BCUT2D eigenvalue weighted by molar-refractivity contribution is 5.78. The van der Waals surface area contributed by atoms with Crippen LogP contribution in [0.5, 0.6) is 5.75 Å². The maximum Gasteiger partial charge on any atom is 0.258 e. The van der Waals surface area contributed by atoms with Crippen molar-refractivity contribution in [2.45, 2.75) is 25.8 Å². The number of halogens is 2. The fourth-order valence-electron chi connectivity index (χ4n) is 1.42. The number of hydrogen-bond donors (Lipinski definition) is 1. The Hall–Kier alpha value is -1.65. The number of hydrogen-bond acceptors (Lipinski definition) is 2. The lowest BCUT2D eigenvalue weighted by Crippen LogP contribution is -2.30. The van der Waals surface area contributed by atoms with E-state index in [1.807, 2.05) is 0 Å². The van der Waals surface area contributed by atoms with E-state index in [1.54, 1.807) is 6.92 Å². The molecule has 1 aromatic rings. The molecule has 3 nitrogen and oxygen atoms in total. The Kier molecular flexibility index (Phi) is 3.26. The van der Waals surface area contributed by atoms with Crippen LogP contribution in [0, 0.1) is 18.6 Å². The number of carbonyl (C=O) groups is 1. The Bertz CT molecular complexity index is 444. The quantitative estimate of drug-likeness (QED) is 0.874. The smallest absolute Gasteiger partial charge is 0.258 e. The fraction of sp³-hybridized carbons (Fsp3) is 0.417. The molecule has 0 atom stereocenters. The van der Waals surface area contributed by atoms with Gasteiger partial charge in [-0.2, -0.15) is 0 Å². The minimum atomic E-state index is -0.979. The summed E-state index contributed by atoms with van der Waals surface area (Å²) in [5.74, 6) is -1.95. The fourth-order valence-corrected chi connectivity index (χ4v) is 1.42. The van der Waals surface area contributed by atoms with Gasteiger partial charge >= 0.3 is 0 Å². The van der Waals surface area contributed by atoms with Crippen LogP contribution >= 0.6 is 0 Å². The van der Waals surface area contributed by atoms with Crippen molar-refractivity contribution in [2.24, 2.45) is 0 Å². The van der Waals surface area contributed by atoms with Gasteiger partial charge in [0.05, 0.1) is 0 Å². The standard InChI is InChI=1S/C12H13F2NO2/c1-7-4-9(13)10(14)5-11(7)17-6-12(16)15-8-2-3-8/h4-5,8H,2-3,6H2,1H3,(H,15,16). The maximum absolute atomic E-state index is 12.9. The van der Waals surface area contributed by atoms with Gasteiger partial charge < -0.3 is 10.1 Å². The molecule has 0 heterocycles. The number of rotatable bonds is 4. The van der Waals surface area contributed by atoms with Crippen molar-refractivity contribution in [2.75, 3.05) is 6.61 Å². The molecule has 0 saturated heterocycles. The van der Waals surface area contributed by atoms with Crippen LogP contribution in [0.1, 0.15) is 18.4 Å². The molecule has 1 N–H and O–H groups in total.